The van der Waals surface area contributed by atoms with Crippen molar-refractivity contribution in [2.45, 2.75) is 38.4 Å². The third-order valence-corrected chi connectivity index (χ3v) is 5.47. The third kappa shape index (κ3) is 2.95. The number of fused-ring (bicyclic) bond motifs is 5. The Balaban J connectivity index is 0.00000196. The van der Waals surface area contributed by atoms with Gasteiger partial charge in [-0.1, -0.05) is 6.07 Å². The second-order valence-electron chi connectivity index (χ2n) is 7.04. The van der Waals surface area contributed by atoms with Gasteiger partial charge < -0.3 is 15.8 Å². The molecule has 140 valence electrons. The van der Waals surface area contributed by atoms with E-state index >= 15 is 0 Å². The maximum absolute atomic E-state index is 12.5. The van der Waals surface area contributed by atoms with Crippen molar-refractivity contribution in [1.82, 2.24) is 4.90 Å². The molecule has 0 saturated carbocycles. The average Bonchev–Trinajstić information content (AvgIpc) is 3.24. The number of hydrogen-bond donors (Lipinski definition) is 2. The normalized spacial score (nSPS) is 28.9. The minimum absolute atomic E-state index is 0. The zero-order chi connectivity index (χ0) is 17.7. The van der Waals surface area contributed by atoms with Crippen LogP contribution in [0.5, 0.6) is 0 Å². The van der Waals surface area contributed by atoms with E-state index in [1.54, 1.807) is 12.1 Å². The first-order chi connectivity index (χ1) is 12.0. The van der Waals surface area contributed by atoms with Gasteiger partial charge in [0, 0.05) is 24.3 Å². The van der Waals surface area contributed by atoms with Gasteiger partial charge in [0.15, 0.2) is 0 Å². The number of nitrogens with zero attached hydrogens (tertiary/aromatic N) is 1. The van der Waals surface area contributed by atoms with Crippen LogP contribution in [0.25, 0.3) is 0 Å². The topological polar surface area (TPSA) is 102 Å². The number of ether oxygens (including phenoxy) is 1. The SMILES string of the molecule is Cc1ccc(N)cc1NC(=O)CCN1C(=O)C2C3CCC(O3)C2C1=O.Cl. The molecular formula is C18H22ClN3O4. The number of carbonyl (C=O) groups is 3. The first-order valence-corrected chi connectivity index (χ1v) is 8.62. The lowest BCUT2D eigenvalue weighted by atomic mass is 9.81. The van der Waals surface area contributed by atoms with Gasteiger partial charge >= 0.3 is 0 Å². The molecule has 3 aliphatic rings. The molecule has 2 bridgehead atoms. The summed E-state index contributed by atoms with van der Waals surface area (Å²) in [5, 5.41) is 2.79. The van der Waals surface area contributed by atoms with E-state index in [4.69, 9.17) is 10.5 Å². The van der Waals surface area contributed by atoms with Crippen LogP contribution >= 0.6 is 12.4 Å². The predicted molar refractivity (Wildman–Crippen MR) is 97.7 cm³/mol. The fraction of sp³-hybridized carbons (Fsp3) is 0.500. The molecule has 1 aromatic rings. The average molecular weight is 380 g/mol. The number of amides is 3. The molecule has 3 heterocycles. The van der Waals surface area contributed by atoms with E-state index in [0.717, 1.165) is 18.4 Å². The Morgan fingerprint density at radius 2 is 1.85 bits per heavy atom. The molecule has 0 aliphatic carbocycles. The zero-order valence-electron chi connectivity index (χ0n) is 14.4. The summed E-state index contributed by atoms with van der Waals surface area (Å²) in [5.41, 5.74) is 7.85. The van der Waals surface area contributed by atoms with Crippen molar-refractivity contribution in [2.24, 2.45) is 11.8 Å². The summed E-state index contributed by atoms with van der Waals surface area (Å²) < 4.78 is 5.70. The number of anilines is 2. The molecule has 0 aromatic heterocycles. The molecule has 1 aromatic carbocycles. The van der Waals surface area contributed by atoms with Crippen LogP contribution in [0.4, 0.5) is 11.4 Å². The highest BCUT2D eigenvalue weighted by Gasteiger charge is 2.62. The summed E-state index contributed by atoms with van der Waals surface area (Å²) >= 11 is 0. The molecule has 3 saturated heterocycles. The van der Waals surface area contributed by atoms with Gasteiger partial charge in [-0.2, -0.15) is 0 Å². The van der Waals surface area contributed by atoms with Crippen molar-refractivity contribution < 1.29 is 19.1 Å². The number of halogens is 1. The Kier molecular flexibility index (Phi) is 4.94. The van der Waals surface area contributed by atoms with E-state index in [1.165, 1.54) is 4.90 Å². The van der Waals surface area contributed by atoms with Crippen LogP contribution in [-0.4, -0.2) is 41.4 Å². The van der Waals surface area contributed by atoms with Crippen LogP contribution < -0.4 is 11.1 Å². The zero-order valence-corrected chi connectivity index (χ0v) is 15.3. The number of likely N-dealkylation sites (tertiary alicyclic amines) is 1. The highest BCUT2D eigenvalue weighted by Crippen LogP contribution is 2.48. The first-order valence-electron chi connectivity index (χ1n) is 8.62. The van der Waals surface area contributed by atoms with Crippen LogP contribution in [0.3, 0.4) is 0 Å². The maximum atomic E-state index is 12.5. The lowest BCUT2D eigenvalue weighted by Gasteiger charge is -2.17. The molecular weight excluding hydrogens is 358 g/mol. The lowest BCUT2D eigenvalue weighted by Crippen LogP contribution is -2.36. The van der Waals surface area contributed by atoms with Crippen LogP contribution in [0.1, 0.15) is 24.8 Å². The van der Waals surface area contributed by atoms with Crippen LogP contribution in [0, 0.1) is 18.8 Å². The summed E-state index contributed by atoms with van der Waals surface area (Å²) in [6.45, 7) is 1.98. The molecule has 0 spiro atoms. The van der Waals surface area contributed by atoms with Crippen molar-refractivity contribution in [3.63, 3.8) is 0 Å². The van der Waals surface area contributed by atoms with Crippen molar-refractivity contribution in [1.29, 1.82) is 0 Å². The van der Waals surface area contributed by atoms with E-state index in [-0.39, 0.29) is 67.1 Å². The summed E-state index contributed by atoms with van der Waals surface area (Å²) in [4.78, 5) is 38.5. The number of carbonyl (C=O) groups excluding carboxylic acids is 3. The third-order valence-electron chi connectivity index (χ3n) is 5.47. The number of hydrogen-bond acceptors (Lipinski definition) is 5. The maximum Gasteiger partial charge on any atom is 0.235 e. The minimum Gasteiger partial charge on any atom is -0.399 e. The van der Waals surface area contributed by atoms with Gasteiger partial charge in [0.1, 0.15) is 0 Å². The Morgan fingerprint density at radius 3 is 2.46 bits per heavy atom. The quantitative estimate of drug-likeness (QED) is 0.609. The van der Waals surface area contributed by atoms with Gasteiger partial charge in [0.2, 0.25) is 17.7 Å². The number of nitrogens with two attached hydrogens (primary N) is 1. The van der Waals surface area contributed by atoms with E-state index in [1.807, 2.05) is 13.0 Å². The fourth-order valence-corrected chi connectivity index (χ4v) is 4.19. The van der Waals surface area contributed by atoms with Gasteiger partial charge in [-0.15, -0.1) is 12.4 Å². The summed E-state index contributed by atoms with van der Waals surface area (Å²) in [6, 6.07) is 5.29. The number of nitrogen functional groups attached to an aromatic ring is 1. The Bertz CT molecular complexity index is 741. The number of nitrogens with one attached hydrogen (secondary N) is 1. The Morgan fingerprint density at radius 1 is 1.23 bits per heavy atom. The van der Waals surface area contributed by atoms with Gasteiger partial charge in [-0.05, 0) is 37.5 Å². The molecule has 3 N–H and O–H groups in total. The smallest absolute Gasteiger partial charge is 0.235 e. The molecule has 4 atom stereocenters. The van der Waals surface area contributed by atoms with E-state index in [0.29, 0.717) is 11.4 Å². The van der Waals surface area contributed by atoms with Crippen molar-refractivity contribution in [3.05, 3.63) is 23.8 Å². The highest BCUT2D eigenvalue weighted by molar-refractivity contribution is 6.06. The Hall–Kier alpha value is -2.12. The van der Waals surface area contributed by atoms with E-state index < -0.39 is 0 Å². The van der Waals surface area contributed by atoms with Gasteiger partial charge in [0.25, 0.3) is 0 Å². The molecule has 3 amide bonds. The van der Waals surface area contributed by atoms with Crippen molar-refractivity contribution >= 4 is 41.5 Å². The first kappa shape index (κ1) is 18.7. The van der Waals surface area contributed by atoms with E-state index in [2.05, 4.69) is 5.32 Å². The van der Waals surface area contributed by atoms with Crippen molar-refractivity contribution in [2.75, 3.05) is 17.6 Å². The molecule has 7 nitrogen and oxygen atoms in total. The predicted octanol–water partition coefficient (Wildman–Crippen LogP) is 1.49. The van der Waals surface area contributed by atoms with Crippen LogP contribution in [0.2, 0.25) is 0 Å². The minimum atomic E-state index is -0.342. The molecule has 8 heteroatoms. The standard InChI is InChI=1S/C18H21N3O4.ClH/c1-9-2-3-10(19)8-11(9)20-14(22)6-7-21-17(23)15-12-4-5-13(25-12)16(15)18(21)24;/h2-3,8,12-13,15-16H,4-7,19H2,1H3,(H,20,22);1H. The molecule has 3 fully saturated rings. The molecule has 4 unspecified atom stereocenters. The summed E-state index contributed by atoms with van der Waals surface area (Å²) in [5.74, 6) is -1.30. The largest absolute Gasteiger partial charge is 0.399 e. The number of benzene rings is 1. The number of rotatable bonds is 4. The van der Waals surface area contributed by atoms with Gasteiger partial charge in [-0.25, -0.2) is 0 Å². The fourth-order valence-electron chi connectivity index (χ4n) is 4.19. The molecule has 4 rings (SSSR count). The van der Waals surface area contributed by atoms with Crippen LogP contribution in [0.15, 0.2) is 18.2 Å². The Labute approximate surface area is 157 Å². The second-order valence-corrected chi connectivity index (χ2v) is 7.04. The van der Waals surface area contributed by atoms with E-state index in [9.17, 15) is 14.4 Å². The second kappa shape index (κ2) is 6.89. The molecule has 3 aliphatic heterocycles. The lowest BCUT2D eigenvalue weighted by molar-refractivity contribution is -0.142. The monoisotopic (exact) mass is 379 g/mol. The molecule has 0 radical (unpaired) electrons. The van der Waals surface area contributed by atoms with Gasteiger partial charge in [-0.3, -0.25) is 19.3 Å². The van der Waals surface area contributed by atoms with Crippen LogP contribution in [-0.2, 0) is 19.1 Å². The van der Waals surface area contributed by atoms with Gasteiger partial charge in [0.05, 0.1) is 24.0 Å². The highest BCUT2D eigenvalue weighted by atomic mass is 35.5. The summed E-state index contributed by atoms with van der Waals surface area (Å²) in [7, 11) is 0. The number of aryl methyl sites for hydroxylation is 1. The molecule has 26 heavy (non-hydrogen) atoms. The van der Waals surface area contributed by atoms with Crippen molar-refractivity contribution in [3.8, 4) is 0 Å². The number of imide groups is 1. The summed E-state index contributed by atoms with van der Waals surface area (Å²) in [6.07, 6.45) is 1.50.